The van der Waals surface area contributed by atoms with Gasteiger partial charge >= 0.3 is 6.18 Å². The molecule has 0 spiro atoms. The van der Waals surface area contributed by atoms with Gasteiger partial charge in [-0.2, -0.15) is 13.2 Å². The first-order valence-electron chi connectivity index (χ1n) is 6.89. The van der Waals surface area contributed by atoms with E-state index in [9.17, 15) is 22.0 Å². The van der Waals surface area contributed by atoms with Crippen LogP contribution in [0.2, 0.25) is 5.02 Å². The maximum Gasteiger partial charge on any atom is 0.417 e. The molecular formula is C16H8ClF5N2S. The molecule has 0 unspecified atom stereocenters. The minimum atomic E-state index is -4.74. The highest BCUT2D eigenvalue weighted by atomic mass is 35.5. The van der Waals surface area contributed by atoms with Gasteiger partial charge in [-0.25, -0.2) is 8.78 Å². The minimum Gasteiger partial charge on any atom is -0.348 e. The summed E-state index contributed by atoms with van der Waals surface area (Å²) in [6, 6.07) is 4.99. The van der Waals surface area contributed by atoms with E-state index in [1.807, 2.05) is 0 Å². The molecule has 0 aromatic heterocycles. The van der Waals surface area contributed by atoms with E-state index in [1.165, 1.54) is 0 Å². The molecule has 0 fully saturated rings. The van der Waals surface area contributed by atoms with E-state index in [2.05, 4.69) is 10.3 Å². The molecule has 9 heteroatoms. The summed E-state index contributed by atoms with van der Waals surface area (Å²) in [5, 5.41) is 2.00. The lowest BCUT2D eigenvalue weighted by Crippen LogP contribution is -2.15. The van der Waals surface area contributed by atoms with Crippen molar-refractivity contribution < 1.29 is 22.0 Å². The van der Waals surface area contributed by atoms with Crippen LogP contribution in [-0.4, -0.2) is 17.2 Å². The Hall–Kier alpha value is -2.06. The lowest BCUT2D eigenvalue weighted by atomic mass is 9.97. The molecule has 0 aliphatic carbocycles. The summed E-state index contributed by atoms with van der Waals surface area (Å²) in [6.45, 7) is -0.148. The van der Waals surface area contributed by atoms with Gasteiger partial charge in [0.15, 0.2) is 0 Å². The van der Waals surface area contributed by atoms with E-state index >= 15 is 0 Å². The van der Waals surface area contributed by atoms with Crippen LogP contribution in [0.25, 0.3) is 0 Å². The predicted octanol–water partition coefficient (Wildman–Crippen LogP) is 5.23. The molecule has 2 aromatic rings. The van der Waals surface area contributed by atoms with Gasteiger partial charge in [-0.3, -0.25) is 4.99 Å². The van der Waals surface area contributed by atoms with Gasteiger partial charge in [-0.05, 0) is 24.3 Å². The number of anilines is 1. The standard InChI is InChI=1S/C16H8ClF5N2S/c17-14-7(16(20,21)22)4-5-10-13(14)15(23-6-11(25)24-10)12-8(18)2-1-3-9(12)19/h1-5H,6H2,(H,24,25). The van der Waals surface area contributed by atoms with E-state index in [0.717, 1.165) is 30.3 Å². The van der Waals surface area contributed by atoms with E-state index in [-0.39, 0.29) is 28.5 Å². The Morgan fingerprint density at radius 3 is 2.28 bits per heavy atom. The quantitative estimate of drug-likeness (QED) is 0.533. The average molecular weight is 391 g/mol. The molecule has 3 rings (SSSR count). The highest BCUT2D eigenvalue weighted by Gasteiger charge is 2.36. The summed E-state index contributed by atoms with van der Waals surface area (Å²) in [5.74, 6) is -1.93. The zero-order valence-electron chi connectivity index (χ0n) is 12.2. The first kappa shape index (κ1) is 17.8. The molecule has 0 saturated heterocycles. The summed E-state index contributed by atoms with van der Waals surface area (Å²) < 4.78 is 67.9. The van der Waals surface area contributed by atoms with Crippen LogP contribution in [0.3, 0.4) is 0 Å². The fraction of sp³-hybridized carbons (Fsp3) is 0.125. The molecule has 1 aliphatic rings. The number of nitrogens with one attached hydrogen (secondary N) is 1. The van der Waals surface area contributed by atoms with E-state index in [0.29, 0.717) is 0 Å². The lowest BCUT2D eigenvalue weighted by molar-refractivity contribution is -0.137. The van der Waals surface area contributed by atoms with Gasteiger partial charge in [0.2, 0.25) is 0 Å². The maximum absolute atomic E-state index is 14.2. The first-order chi connectivity index (χ1) is 11.7. The number of alkyl halides is 3. The zero-order valence-corrected chi connectivity index (χ0v) is 13.8. The third-order valence-electron chi connectivity index (χ3n) is 3.54. The minimum absolute atomic E-state index is 0.0990. The number of aliphatic imine (C=N–C) groups is 1. The van der Waals surface area contributed by atoms with Crippen molar-refractivity contribution in [1.82, 2.24) is 0 Å². The number of nitrogens with zero attached hydrogens (tertiary/aromatic N) is 1. The topological polar surface area (TPSA) is 24.4 Å². The van der Waals surface area contributed by atoms with Gasteiger partial charge in [0.1, 0.15) is 16.6 Å². The largest absolute Gasteiger partial charge is 0.417 e. The van der Waals surface area contributed by atoms with E-state index in [1.54, 1.807) is 0 Å². The Morgan fingerprint density at radius 2 is 1.68 bits per heavy atom. The van der Waals surface area contributed by atoms with Crippen LogP contribution in [0.5, 0.6) is 0 Å². The van der Waals surface area contributed by atoms with Crippen LogP contribution in [0.1, 0.15) is 16.7 Å². The van der Waals surface area contributed by atoms with Crippen LogP contribution in [0.15, 0.2) is 35.3 Å². The Balaban J connectivity index is 2.35. The van der Waals surface area contributed by atoms with Crippen LogP contribution in [0, 0.1) is 11.6 Å². The third-order valence-corrected chi connectivity index (χ3v) is 4.16. The molecule has 130 valence electrons. The summed E-state index contributed by atoms with van der Waals surface area (Å²) in [4.78, 5) is 4.19. The van der Waals surface area contributed by atoms with Crippen molar-refractivity contribution >= 4 is 40.2 Å². The van der Waals surface area contributed by atoms with E-state index < -0.39 is 34.0 Å². The second-order valence-electron chi connectivity index (χ2n) is 5.16. The van der Waals surface area contributed by atoms with Crippen molar-refractivity contribution in [1.29, 1.82) is 0 Å². The van der Waals surface area contributed by atoms with E-state index in [4.69, 9.17) is 23.8 Å². The van der Waals surface area contributed by atoms with Gasteiger partial charge in [-0.15, -0.1) is 0 Å². The number of hydrogen-bond donors (Lipinski definition) is 1. The summed E-state index contributed by atoms with van der Waals surface area (Å²) in [7, 11) is 0. The van der Waals surface area contributed by atoms with Gasteiger partial charge < -0.3 is 5.32 Å². The number of rotatable bonds is 1. The molecule has 0 radical (unpaired) electrons. The number of benzodiazepines with no additional fused rings is 1. The van der Waals surface area contributed by atoms with Crippen LogP contribution in [0.4, 0.5) is 27.6 Å². The zero-order chi connectivity index (χ0) is 18.4. The lowest BCUT2D eigenvalue weighted by Gasteiger charge is -2.17. The fourth-order valence-electron chi connectivity index (χ4n) is 2.48. The highest BCUT2D eigenvalue weighted by Crippen LogP contribution is 2.40. The summed E-state index contributed by atoms with van der Waals surface area (Å²) in [5.41, 5.74) is -2.17. The van der Waals surface area contributed by atoms with Crippen LogP contribution < -0.4 is 5.32 Å². The molecule has 1 aliphatic heterocycles. The Morgan fingerprint density at radius 1 is 1.04 bits per heavy atom. The second kappa shape index (κ2) is 6.34. The molecule has 0 bridgehead atoms. The van der Waals surface area contributed by atoms with Crippen molar-refractivity contribution in [3.63, 3.8) is 0 Å². The molecular weight excluding hydrogens is 383 g/mol. The molecule has 2 aromatic carbocycles. The number of halogens is 6. The van der Waals surface area contributed by atoms with Gasteiger partial charge in [0.05, 0.1) is 28.4 Å². The molecule has 1 N–H and O–H groups in total. The Kier molecular flexibility index (Phi) is 4.51. The molecule has 0 amide bonds. The van der Waals surface area contributed by atoms with Crippen molar-refractivity contribution in [3.8, 4) is 0 Å². The SMILES string of the molecule is Fc1cccc(F)c1C1=NCC(=S)Nc2ccc(C(F)(F)F)c(Cl)c21. The molecule has 25 heavy (non-hydrogen) atoms. The van der Waals surface area contributed by atoms with Gasteiger partial charge in [-0.1, -0.05) is 29.9 Å². The Labute approximate surface area is 149 Å². The van der Waals surface area contributed by atoms with Crippen molar-refractivity contribution in [2.45, 2.75) is 6.18 Å². The highest BCUT2D eigenvalue weighted by molar-refractivity contribution is 7.80. The maximum atomic E-state index is 14.2. The molecule has 0 saturated carbocycles. The average Bonchev–Trinajstić information content (AvgIpc) is 2.66. The van der Waals surface area contributed by atoms with Crippen molar-refractivity contribution in [2.75, 3.05) is 11.9 Å². The first-order valence-corrected chi connectivity index (χ1v) is 7.67. The number of benzene rings is 2. The van der Waals surface area contributed by atoms with Crippen LogP contribution in [-0.2, 0) is 6.18 Å². The van der Waals surface area contributed by atoms with Gasteiger partial charge in [0, 0.05) is 11.3 Å². The van der Waals surface area contributed by atoms with Crippen molar-refractivity contribution in [2.24, 2.45) is 4.99 Å². The third kappa shape index (κ3) is 3.23. The monoisotopic (exact) mass is 390 g/mol. The van der Waals surface area contributed by atoms with Crippen LogP contribution >= 0.6 is 23.8 Å². The second-order valence-corrected chi connectivity index (χ2v) is 6.03. The van der Waals surface area contributed by atoms with Gasteiger partial charge in [0.25, 0.3) is 0 Å². The number of hydrogen-bond acceptors (Lipinski definition) is 2. The molecule has 1 heterocycles. The van der Waals surface area contributed by atoms with Crippen molar-refractivity contribution in [3.05, 3.63) is 63.7 Å². The summed E-state index contributed by atoms with van der Waals surface area (Å²) in [6.07, 6.45) is -4.74. The fourth-order valence-corrected chi connectivity index (χ4v) is 3.01. The number of fused-ring (bicyclic) bond motifs is 1. The predicted molar refractivity (Wildman–Crippen MR) is 89.5 cm³/mol. The normalized spacial score (nSPS) is 14.5. The Bertz CT molecular complexity index is 888. The molecule has 2 nitrogen and oxygen atoms in total. The number of thiocarbonyl (C=S) groups is 1. The molecule has 0 atom stereocenters. The smallest absolute Gasteiger partial charge is 0.348 e. The summed E-state index contributed by atoms with van der Waals surface area (Å²) >= 11 is 11.0.